The van der Waals surface area contributed by atoms with Crippen LogP contribution in [0, 0.1) is 50.2 Å². The van der Waals surface area contributed by atoms with Gasteiger partial charge < -0.3 is 54.7 Å². The molecule has 12 heteroatoms. The highest BCUT2D eigenvalue weighted by Gasteiger charge is 2.70. The van der Waals surface area contributed by atoms with Gasteiger partial charge in [-0.15, -0.1) is 0 Å². The zero-order chi connectivity index (χ0) is 38.7. The van der Waals surface area contributed by atoms with Gasteiger partial charge in [0.1, 0.15) is 36.6 Å². The summed E-state index contributed by atoms with van der Waals surface area (Å²) < 4.78 is 24.3. The highest BCUT2D eigenvalue weighted by molar-refractivity contribution is 5.76. The minimum Gasteiger partial charge on any atom is -0.481 e. The van der Waals surface area contributed by atoms with E-state index in [-0.39, 0.29) is 46.7 Å². The molecule has 7 aliphatic rings. The predicted octanol–water partition coefficient (Wildman–Crippen LogP) is 3.52. The zero-order valence-electron chi connectivity index (χ0n) is 32.7. The largest absolute Gasteiger partial charge is 0.481 e. The zero-order valence-corrected chi connectivity index (χ0v) is 32.7. The maximum Gasteiger partial charge on any atom is 0.310 e. The third kappa shape index (κ3) is 5.85. The lowest BCUT2D eigenvalue weighted by atomic mass is 9.33. The number of aliphatic hydroxyl groups is 6. The molecule has 18 atom stereocenters. The third-order valence-electron chi connectivity index (χ3n) is 17.0. The van der Waals surface area contributed by atoms with Gasteiger partial charge in [0.25, 0.3) is 0 Å². The van der Waals surface area contributed by atoms with Crippen molar-refractivity contribution in [3.05, 3.63) is 11.6 Å². The molecule has 4 saturated carbocycles. The molecule has 302 valence electrons. The van der Waals surface area contributed by atoms with Crippen molar-refractivity contribution in [2.45, 2.75) is 174 Å². The number of aliphatic carboxylic acids is 1. The van der Waals surface area contributed by atoms with Crippen molar-refractivity contribution in [2.24, 2.45) is 50.2 Å². The second-order valence-corrected chi connectivity index (χ2v) is 20.0. The van der Waals surface area contributed by atoms with Crippen LogP contribution < -0.4 is 0 Å². The van der Waals surface area contributed by atoms with Crippen molar-refractivity contribution in [3.63, 3.8) is 0 Å². The van der Waals surface area contributed by atoms with Crippen molar-refractivity contribution in [3.8, 4) is 0 Å². The molecular weight excluding hydrogens is 684 g/mol. The van der Waals surface area contributed by atoms with Crippen molar-refractivity contribution in [2.75, 3.05) is 13.2 Å². The van der Waals surface area contributed by atoms with Crippen molar-refractivity contribution >= 4 is 5.97 Å². The maximum atomic E-state index is 13.0. The maximum absolute atomic E-state index is 13.0. The van der Waals surface area contributed by atoms with Gasteiger partial charge >= 0.3 is 5.97 Å². The molecule has 0 radical (unpaired) electrons. The summed E-state index contributed by atoms with van der Waals surface area (Å²) in [6.07, 6.45) is -1.79. The van der Waals surface area contributed by atoms with E-state index in [0.29, 0.717) is 18.8 Å². The normalized spacial score (nSPS) is 55.1. The fourth-order valence-electron chi connectivity index (χ4n) is 13.3. The molecule has 2 aliphatic heterocycles. The Morgan fingerprint density at radius 1 is 0.830 bits per heavy atom. The molecular formula is C41H66O12. The molecule has 6 fully saturated rings. The molecule has 0 bridgehead atoms. The SMILES string of the molecule is C[C@@H]1O[C@H](O[C@H]2[C@H](O[C@H]3CC[C@@]4(C)C(CC[C@]5(C)C4CC=C4C6CC(C)(C)CC[C@]6(C(=O)O)CC[C@]45C)[C@]3(C)CO)OC[C@H](O)[C@@H]2O)[C@H](O)[C@H](O)[C@H]1O. The van der Waals surface area contributed by atoms with Crippen LogP contribution in [-0.4, -0.2) is 116 Å². The van der Waals surface area contributed by atoms with Crippen LogP contribution in [0.25, 0.3) is 0 Å². The highest BCUT2D eigenvalue weighted by Crippen LogP contribution is 2.76. The first kappa shape index (κ1) is 40.0. The van der Waals surface area contributed by atoms with Crippen LogP contribution in [0.2, 0.25) is 0 Å². The molecule has 0 aromatic heterocycles. The molecule has 12 nitrogen and oxygen atoms in total. The van der Waals surface area contributed by atoms with Crippen LogP contribution in [0.3, 0.4) is 0 Å². The fourth-order valence-corrected chi connectivity index (χ4v) is 13.3. The first-order chi connectivity index (χ1) is 24.7. The van der Waals surface area contributed by atoms with Gasteiger partial charge in [-0.1, -0.05) is 53.2 Å². The minimum atomic E-state index is -1.62. The van der Waals surface area contributed by atoms with E-state index in [1.807, 2.05) is 0 Å². The lowest BCUT2D eigenvalue weighted by Gasteiger charge is -2.71. The van der Waals surface area contributed by atoms with E-state index in [1.54, 1.807) is 0 Å². The van der Waals surface area contributed by atoms with Gasteiger partial charge in [0, 0.05) is 5.41 Å². The average Bonchev–Trinajstić information content (AvgIpc) is 3.10. The van der Waals surface area contributed by atoms with E-state index in [9.17, 15) is 40.5 Å². The summed E-state index contributed by atoms with van der Waals surface area (Å²) in [5.41, 5.74) is -0.239. The lowest BCUT2D eigenvalue weighted by molar-refractivity contribution is -0.365. The first-order valence-corrected chi connectivity index (χ1v) is 20.2. The van der Waals surface area contributed by atoms with Crippen LogP contribution in [0.4, 0.5) is 0 Å². The first-order valence-electron chi connectivity index (χ1n) is 20.2. The highest BCUT2D eigenvalue weighted by atomic mass is 16.8. The Morgan fingerprint density at radius 3 is 2.21 bits per heavy atom. The molecule has 2 saturated heterocycles. The van der Waals surface area contributed by atoms with Crippen LogP contribution in [0.15, 0.2) is 11.6 Å². The number of aliphatic hydroxyl groups excluding tert-OH is 6. The molecule has 3 unspecified atom stereocenters. The summed E-state index contributed by atoms with van der Waals surface area (Å²) >= 11 is 0. The van der Waals surface area contributed by atoms with Gasteiger partial charge in [0.05, 0.1) is 30.8 Å². The van der Waals surface area contributed by atoms with E-state index in [1.165, 1.54) is 12.5 Å². The molecule has 7 N–H and O–H groups in total. The van der Waals surface area contributed by atoms with E-state index in [2.05, 4.69) is 47.6 Å². The van der Waals surface area contributed by atoms with Crippen LogP contribution in [0.1, 0.15) is 113 Å². The standard InChI is InChI=1S/C41H66O12/c1-21-28(44)30(46)31(47)33(51-21)53-32-29(45)24(43)19-50-34(32)52-27-11-12-37(4)25(38(27,5)20-42)10-13-40(7)26(37)9-8-22-23-18-36(2,3)14-16-41(23,35(48)49)17-15-39(22,40)6/h8,21,23-34,42-47H,9-20H2,1-7H3,(H,48,49)/t21-,23?,24-,25?,26?,27-,28-,29-,30+,31+,32+,33+,34-,37-,38-,39+,40+,41-/m0/s1. The summed E-state index contributed by atoms with van der Waals surface area (Å²) in [6.45, 7) is 15.1. The molecule has 0 aromatic carbocycles. The van der Waals surface area contributed by atoms with E-state index >= 15 is 0 Å². The number of carboxylic acid groups (broad SMARTS) is 1. The molecule has 53 heavy (non-hydrogen) atoms. The second kappa shape index (κ2) is 13.5. The van der Waals surface area contributed by atoms with Crippen molar-refractivity contribution in [1.82, 2.24) is 0 Å². The Bertz CT molecular complexity index is 1440. The summed E-state index contributed by atoms with van der Waals surface area (Å²) in [6, 6.07) is 0. The van der Waals surface area contributed by atoms with E-state index in [4.69, 9.17) is 18.9 Å². The second-order valence-electron chi connectivity index (χ2n) is 20.0. The Morgan fingerprint density at radius 2 is 1.53 bits per heavy atom. The van der Waals surface area contributed by atoms with Gasteiger partial charge in [-0.25, -0.2) is 0 Å². The van der Waals surface area contributed by atoms with Gasteiger partial charge in [-0.2, -0.15) is 0 Å². The number of ether oxygens (including phenoxy) is 4. The Balaban J connectivity index is 1.15. The number of allylic oxidation sites excluding steroid dienone is 2. The van der Waals surface area contributed by atoms with Gasteiger partial charge in [-0.05, 0) is 111 Å². The topological polar surface area (TPSA) is 196 Å². The van der Waals surface area contributed by atoms with Crippen LogP contribution in [0.5, 0.6) is 0 Å². The van der Waals surface area contributed by atoms with Crippen molar-refractivity contribution in [1.29, 1.82) is 0 Å². The summed E-state index contributed by atoms with van der Waals surface area (Å²) in [5.74, 6) is -0.194. The number of hydrogen-bond donors (Lipinski definition) is 7. The fraction of sp³-hybridized carbons (Fsp3) is 0.927. The third-order valence-corrected chi connectivity index (χ3v) is 17.0. The van der Waals surface area contributed by atoms with Gasteiger partial charge in [0.15, 0.2) is 12.6 Å². The average molecular weight is 751 g/mol. The Labute approximate surface area is 314 Å². The number of carboxylic acids is 1. The van der Waals surface area contributed by atoms with Crippen molar-refractivity contribution < 1.29 is 59.5 Å². The molecule has 0 spiro atoms. The number of rotatable bonds is 6. The van der Waals surface area contributed by atoms with Crippen LogP contribution in [-0.2, 0) is 23.7 Å². The Kier molecular flexibility index (Phi) is 10.2. The molecule has 0 aromatic rings. The van der Waals surface area contributed by atoms with Gasteiger partial charge in [0.2, 0.25) is 0 Å². The molecule has 0 amide bonds. The van der Waals surface area contributed by atoms with Gasteiger partial charge in [-0.3, -0.25) is 4.79 Å². The number of carbonyl (C=O) groups is 1. The lowest BCUT2D eigenvalue weighted by Crippen LogP contribution is -2.67. The van der Waals surface area contributed by atoms with E-state index in [0.717, 1.165) is 51.4 Å². The molecule has 5 aliphatic carbocycles. The number of fused-ring (bicyclic) bond motifs is 7. The minimum absolute atomic E-state index is 0.0360. The monoisotopic (exact) mass is 750 g/mol. The molecule has 2 heterocycles. The summed E-state index contributed by atoms with van der Waals surface area (Å²) in [4.78, 5) is 13.0. The molecule has 7 rings (SSSR count). The summed E-state index contributed by atoms with van der Waals surface area (Å²) in [5, 5.41) is 74.9. The number of hydrogen-bond acceptors (Lipinski definition) is 11. The quantitative estimate of drug-likeness (QED) is 0.155. The predicted molar refractivity (Wildman–Crippen MR) is 192 cm³/mol. The van der Waals surface area contributed by atoms with E-state index < -0.39 is 78.2 Å². The Hall–Kier alpha value is -1.19. The summed E-state index contributed by atoms with van der Waals surface area (Å²) in [7, 11) is 0. The van der Waals surface area contributed by atoms with Crippen LogP contribution >= 0.6 is 0 Å². The smallest absolute Gasteiger partial charge is 0.310 e.